The fourth-order valence-electron chi connectivity index (χ4n) is 2.24. The molecule has 21 heavy (non-hydrogen) atoms. The van der Waals surface area contributed by atoms with Crippen molar-refractivity contribution < 1.29 is 5.11 Å². The third-order valence-electron chi connectivity index (χ3n) is 3.57. The molecule has 1 N–H and O–H groups in total. The Bertz CT molecular complexity index is 614. The zero-order chi connectivity index (χ0) is 15.6. The maximum atomic E-state index is 10.4. The molecule has 0 aliphatic carbocycles. The van der Waals surface area contributed by atoms with Gasteiger partial charge in [0.15, 0.2) is 0 Å². The Morgan fingerprint density at radius 3 is 2.29 bits per heavy atom. The summed E-state index contributed by atoms with van der Waals surface area (Å²) in [6.07, 6.45) is -0.0453. The van der Waals surface area contributed by atoms with E-state index in [4.69, 9.17) is 11.6 Å². The Morgan fingerprint density at radius 1 is 1.10 bits per heavy atom. The minimum atomic E-state index is -0.601. The lowest BCUT2D eigenvalue weighted by atomic mass is 9.86. The highest BCUT2D eigenvalue weighted by Crippen LogP contribution is 2.29. The normalized spacial score (nSPS) is 13.2. The molecule has 0 heterocycles. The number of hydrogen-bond donors (Lipinski definition) is 1. The van der Waals surface area contributed by atoms with Crippen LogP contribution < -0.4 is 0 Å². The quantitative estimate of drug-likeness (QED) is 0.740. The summed E-state index contributed by atoms with van der Waals surface area (Å²) < 4.78 is 0.920. The van der Waals surface area contributed by atoms with Gasteiger partial charge >= 0.3 is 0 Å². The number of halogens is 2. The van der Waals surface area contributed by atoms with Crippen molar-refractivity contribution in [2.75, 3.05) is 0 Å². The van der Waals surface area contributed by atoms with Gasteiger partial charge in [-0.25, -0.2) is 0 Å². The highest BCUT2D eigenvalue weighted by atomic mass is 79.9. The fourth-order valence-corrected chi connectivity index (χ4v) is 2.87. The van der Waals surface area contributed by atoms with E-state index in [-0.39, 0.29) is 5.41 Å². The molecule has 0 fully saturated rings. The predicted octanol–water partition coefficient (Wildman–Crippen LogP) is 5.68. The molecule has 0 saturated carbocycles. The first-order chi connectivity index (χ1) is 9.77. The first-order valence-corrected chi connectivity index (χ1v) is 8.17. The van der Waals surface area contributed by atoms with Crippen LogP contribution in [0.4, 0.5) is 0 Å². The topological polar surface area (TPSA) is 20.2 Å². The summed E-state index contributed by atoms with van der Waals surface area (Å²) in [5, 5.41) is 11.0. The molecule has 1 atom stereocenters. The van der Waals surface area contributed by atoms with Gasteiger partial charge in [0.25, 0.3) is 0 Å². The zero-order valence-electron chi connectivity index (χ0n) is 12.5. The number of aliphatic hydroxyl groups is 1. The molecule has 0 amide bonds. The van der Waals surface area contributed by atoms with E-state index in [1.807, 2.05) is 12.1 Å². The van der Waals surface area contributed by atoms with Gasteiger partial charge in [-0.3, -0.25) is 0 Å². The Balaban J connectivity index is 2.16. The lowest BCUT2D eigenvalue weighted by molar-refractivity contribution is 0.178. The van der Waals surface area contributed by atoms with E-state index in [9.17, 15) is 5.11 Å². The van der Waals surface area contributed by atoms with Gasteiger partial charge in [0.2, 0.25) is 0 Å². The van der Waals surface area contributed by atoms with E-state index in [1.165, 1.54) is 5.56 Å². The number of aliphatic hydroxyl groups excluding tert-OH is 1. The molecule has 0 saturated heterocycles. The second kappa shape index (κ2) is 6.51. The SMILES string of the molecule is CC(C)(C)c1ccc(CC(O)c2cc(Br)ccc2Cl)cc1. The molecule has 0 aromatic heterocycles. The predicted molar refractivity (Wildman–Crippen MR) is 93.0 cm³/mol. The van der Waals surface area contributed by atoms with Crippen molar-refractivity contribution in [3.8, 4) is 0 Å². The van der Waals surface area contributed by atoms with Crippen LogP contribution in [0.15, 0.2) is 46.9 Å². The van der Waals surface area contributed by atoms with E-state index in [2.05, 4.69) is 61.0 Å². The van der Waals surface area contributed by atoms with Crippen LogP contribution in [-0.4, -0.2) is 5.11 Å². The van der Waals surface area contributed by atoms with Crippen LogP contribution in [0.3, 0.4) is 0 Å². The average Bonchev–Trinajstić information content (AvgIpc) is 2.41. The van der Waals surface area contributed by atoms with E-state index in [1.54, 1.807) is 6.07 Å². The molecule has 2 aromatic carbocycles. The van der Waals surface area contributed by atoms with Gasteiger partial charge in [-0.1, -0.05) is 72.6 Å². The summed E-state index contributed by atoms with van der Waals surface area (Å²) in [5.41, 5.74) is 3.30. The molecule has 2 rings (SSSR count). The molecule has 1 unspecified atom stereocenters. The van der Waals surface area contributed by atoms with Gasteiger partial charge in [-0.15, -0.1) is 0 Å². The molecule has 3 heteroatoms. The summed E-state index contributed by atoms with van der Waals surface area (Å²) in [7, 11) is 0. The van der Waals surface area contributed by atoms with Crippen molar-refractivity contribution in [3.05, 3.63) is 68.7 Å². The van der Waals surface area contributed by atoms with E-state index in [0.29, 0.717) is 11.4 Å². The summed E-state index contributed by atoms with van der Waals surface area (Å²) in [5.74, 6) is 0. The van der Waals surface area contributed by atoms with Crippen LogP contribution >= 0.6 is 27.5 Å². The smallest absolute Gasteiger partial charge is 0.0845 e. The summed E-state index contributed by atoms with van der Waals surface area (Å²) in [6, 6.07) is 14.0. The van der Waals surface area contributed by atoms with Crippen LogP contribution in [0.1, 0.15) is 43.6 Å². The van der Waals surface area contributed by atoms with Crippen LogP contribution in [0.5, 0.6) is 0 Å². The molecule has 112 valence electrons. The number of rotatable bonds is 3. The van der Waals surface area contributed by atoms with Crippen LogP contribution in [-0.2, 0) is 11.8 Å². The van der Waals surface area contributed by atoms with Crippen LogP contribution in [0.25, 0.3) is 0 Å². The third kappa shape index (κ3) is 4.32. The van der Waals surface area contributed by atoms with Gasteiger partial charge in [0.05, 0.1) is 6.10 Å². The molecule has 0 aliphatic heterocycles. The Labute approximate surface area is 140 Å². The molecular formula is C18H20BrClO. The minimum absolute atomic E-state index is 0.144. The third-order valence-corrected chi connectivity index (χ3v) is 4.40. The molecular weight excluding hydrogens is 348 g/mol. The van der Waals surface area contributed by atoms with E-state index < -0.39 is 6.10 Å². The Hall–Kier alpha value is -0.830. The van der Waals surface area contributed by atoms with Crippen molar-refractivity contribution in [2.45, 2.75) is 38.7 Å². The Morgan fingerprint density at radius 2 is 1.71 bits per heavy atom. The van der Waals surface area contributed by atoms with Gasteiger partial charge in [0, 0.05) is 21.5 Å². The summed E-state index contributed by atoms with van der Waals surface area (Å²) in [4.78, 5) is 0. The molecule has 0 aliphatic rings. The highest BCUT2D eigenvalue weighted by molar-refractivity contribution is 9.10. The van der Waals surface area contributed by atoms with Crippen molar-refractivity contribution in [1.82, 2.24) is 0 Å². The second-order valence-corrected chi connectivity index (χ2v) is 7.66. The van der Waals surface area contributed by atoms with Gasteiger partial charge in [-0.2, -0.15) is 0 Å². The van der Waals surface area contributed by atoms with Gasteiger partial charge < -0.3 is 5.11 Å². The van der Waals surface area contributed by atoms with E-state index in [0.717, 1.165) is 15.6 Å². The van der Waals surface area contributed by atoms with Crippen molar-refractivity contribution in [3.63, 3.8) is 0 Å². The first-order valence-electron chi connectivity index (χ1n) is 7.00. The second-order valence-electron chi connectivity index (χ2n) is 6.33. The molecule has 0 bridgehead atoms. The van der Waals surface area contributed by atoms with Crippen LogP contribution in [0, 0.1) is 0 Å². The van der Waals surface area contributed by atoms with Gasteiger partial charge in [-0.05, 0) is 34.7 Å². The van der Waals surface area contributed by atoms with Crippen molar-refractivity contribution in [1.29, 1.82) is 0 Å². The highest BCUT2D eigenvalue weighted by Gasteiger charge is 2.15. The molecule has 0 spiro atoms. The first kappa shape index (κ1) is 16.5. The molecule has 0 radical (unpaired) electrons. The van der Waals surface area contributed by atoms with Crippen LogP contribution in [0.2, 0.25) is 5.02 Å². The van der Waals surface area contributed by atoms with Gasteiger partial charge in [0.1, 0.15) is 0 Å². The van der Waals surface area contributed by atoms with Crippen molar-refractivity contribution in [2.24, 2.45) is 0 Å². The van der Waals surface area contributed by atoms with E-state index >= 15 is 0 Å². The molecule has 2 aromatic rings. The monoisotopic (exact) mass is 366 g/mol. The standard InChI is InChI=1S/C18H20BrClO/c1-18(2,3)13-6-4-12(5-7-13)10-17(21)15-11-14(19)8-9-16(15)20/h4-9,11,17,21H,10H2,1-3H3. The largest absolute Gasteiger partial charge is 0.388 e. The average molecular weight is 368 g/mol. The maximum Gasteiger partial charge on any atom is 0.0845 e. The lowest BCUT2D eigenvalue weighted by Gasteiger charge is -2.19. The lowest BCUT2D eigenvalue weighted by Crippen LogP contribution is -2.11. The zero-order valence-corrected chi connectivity index (χ0v) is 14.9. The maximum absolute atomic E-state index is 10.4. The van der Waals surface area contributed by atoms with Crippen molar-refractivity contribution >= 4 is 27.5 Å². The number of benzene rings is 2. The number of hydrogen-bond acceptors (Lipinski definition) is 1. The summed E-state index contributed by atoms with van der Waals surface area (Å²) in [6.45, 7) is 6.58. The molecule has 1 nitrogen and oxygen atoms in total. The minimum Gasteiger partial charge on any atom is -0.388 e. The Kier molecular flexibility index (Phi) is 5.13. The fraction of sp³-hybridized carbons (Fsp3) is 0.333. The summed E-state index contributed by atoms with van der Waals surface area (Å²) >= 11 is 9.57.